The highest BCUT2D eigenvalue weighted by Gasteiger charge is 1.72. The number of hydrogen-bond donors (Lipinski definition) is 1. The number of benzene rings is 1. The standard InChI is InChI=1S/C7H8.ClH.H3N/c1-7-5-3-2-4-6-7;;/h2-6H,1H3;1H;1H3. The van der Waals surface area contributed by atoms with Crippen LogP contribution in [0.1, 0.15) is 5.56 Å². The van der Waals surface area contributed by atoms with Gasteiger partial charge in [-0.15, -0.1) is 12.4 Å². The number of aryl methyl sites for hydroxylation is 1. The maximum absolute atomic E-state index is 2.08. The lowest BCUT2D eigenvalue weighted by molar-refractivity contribution is 1.48. The lowest BCUT2D eigenvalue weighted by Gasteiger charge is -1.82. The first kappa shape index (κ1) is 11.3. The Morgan fingerprint density at radius 3 is 1.67 bits per heavy atom. The van der Waals surface area contributed by atoms with Crippen LogP contribution in [0.5, 0.6) is 0 Å². The molecule has 52 valence electrons. The predicted octanol–water partition coefficient (Wildman–Crippen LogP) is 2.58. The zero-order valence-electron chi connectivity index (χ0n) is 5.50. The molecule has 9 heavy (non-hydrogen) atoms. The Kier molecular flexibility index (Phi) is 7.03. The fourth-order valence-corrected chi connectivity index (χ4v) is 0.534. The molecule has 1 nitrogen and oxygen atoms in total. The van der Waals surface area contributed by atoms with Crippen molar-refractivity contribution in [1.82, 2.24) is 6.15 Å². The summed E-state index contributed by atoms with van der Waals surface area (Å²) in [6.45, 7) is 2.08. The van der Waals surface area contributed by atoms with Crippen molar-refractivity contribution in [2.75, 3.05) is 0 Å². The van der Waals surface area contributed by atoms with Crippen LogP contribution in [0.2, 0.25) is 0 Å². The van der Waals surface area contributed by atoms with Crippen LogP contribution in [-0.4, -0.2) is 0 Å². The maximum atomic E-state index is 2.08. The van der Waals surface area contributed by atoms with Crippen molar-refractivity contribution in [1.29, 1.82) is 0 Å². The zero-order chi connectivity index (χ0) is 5.11. The monoisotopic (exact) mass is 145 g/mol. The van der Waals surface area contributed by atoms with Crippen LogP contribution in [0, 0.1) is 6.92 Å². The van der Waals surface area contributed by atoms with Gasteiger partial charge in [0.15, 0.2) is 0 Å². The van der Waals surface area contributed by atoms with Gasteiger partial charge in [-0.25, -0.2) is 0 Å². The summed E-state index contributed by atoms with van der Waals surface area (Å²) < 4.78 is 0. The molecule has 0 aliphatic carbocycles. The molecule has 3 N–H and O–H groups in total. The van der Waals surface area contributed by atoms with Gasteiger partial charge < -0.3 is 6.15 Å². The Labute approximate surface area is 62.1 Å². The molecule has 1 rings (SSSR count). The molecule has 0 unspecified atom stereocenters. The van der Waals surface area contributed by atoms with Crippen LogP contribution in [0.25, 0.3) is 0 Å². The second-order valence-electron chi connectivity index (χ2n) is 1.65. The molecule has 0 saturated heterocycles. The molecule has 1 aromatic carbocycles. The van der Waals surface area contributed by atoms with Gasteiger partial charge in [0.1, 0.15) is 0 Å². The van der Waals surface area contributed by atoms with Crippen LogP contribution in [0.15, 0.2) is 30.3 Å². The third-order valence-electron chi connectivity index (χ3n) is 0.940. The van der Waals surface area contributed by atoms with Crippen LogP contribution >= 0.6 is 12.4 Å². The van der Waals surface area contributed by atoms with Crippen molar-refractivity contribution in [3.63, 3.8) is 0 Å². The molecule has 0 aliphatic heterocycles. The normalized spacial score (nSPS) is 6.78. The molecule has 0 radical (unpaired) electrons. The molecular weight excluding hydrogens is 134 g/mol. The maximum Gasteiger partial charge on any atom is -0.0398 e. The first-order valence-electron chi connectivity index (χ1n) is 2.41. The molecule has 0 bridgehead atoms. The minimum absolute atomic E-state index is 0. The molecule has 0 atom stereocenters. The summed E-state index contributed by atoms with van der Waals surface area (Å²) in [4.78, 5) is 0. The summed E-state index contributed by atoms with van der Waals surface area (Å²) in [6.07, 6.45) is 0. The largest absolute Gasteiger partial charge is 0.344 e. The fraction of sp³-hybridized carbons (Fsp3) is 0.143. The van der Waals surface area contributed by atoms with Crippen LogP contribution in [0.4, 0.5) is 0 Å². The minimum Gasteiger partial charge on any atom is -0.344 e. The SMILES string of the molecule is Cc1ccccc1.Cl.N. The molecule has 0 aliphatic rings. The van der Waals surface area contributed by atoms with E-state index in [1.807, 2.05) is 18.2 Å². The summed E-state index contributed by atoms with van der Waals surface area (Å²) >= 11 is 0. The Hall–Kier alpha value is -0.530. The first-order chi connectivity index (χ1) is 3.39. The van der Waals surface area contributed by atoms with Crippen molar-refractivity contribution in [2.45, 2.75) is 6.92 Å². The van der Waals surface area contributed by atoms with Crippen molar-refractivity contribution < 1.29 is 0 Å². The van der Waals surface area contributed by atoms with Gasteiger partial charge in [-0.3, -0.25) is 0 Å². The predicted molar refractivity (Wildman–Crippen MR) is 43.4 cm³/mol. The summed E-state index contributed by atoms with van der Waals surface area (Å²) in [6, 6.07) is 10.3. The van der Waals surface area contributed by atoms with Gasteiger partial charge >= 0.3 is 0 Å². The Morgan fingerprint density at radius 1 is 1.00 bits per heavy atom. The second-order valence-corrected chi connectivity index (χ2v) is 1.65. The van der Waals surface area contributed by atoms with Gasteiger partial charge in [-0.1, -0.05) is 35.9 Å². The molecule has 1 aromatic rings. The van der Waals surface area contributed by atoms with E-state index >= 15 is 0 Å². The van der Waals surface area contributed by atoms with E-state index in [1.165, 1.54) is 5.56 Å². The summed E-state index contributed by atoms with van der Waals surface area (Å²) in [5.74, 6) is 0. The van der Waals surface area contributed by atoms with E-state index in [0.717, 1.165) is 0 Å². The van der Waals surface area contributed by atoms with Gasteiger partial charge in [0.25, 0.3) is 0 Å². The van der Waals surface area contributed by atoms with E-state index in [-0.39, 0.29) is 18.6 Å². The van der Waals surface area contributed by atoms with Crippen molar-refractivity contribution in [3.05, 3.63) is 35.9 Å². The van der Waals surface area contributed by atoms with E-state index in [9.17, 15) is 0 Å². The third kappa shape index (κ3) is 4.01. The zero-order valence-corrected chi connectivity index (χ0v) is 6.32. The number of rotatable bonds is 0. The summed E-state index contributed by atoms with van der Waals surface area (Å²) in [5, 5.41) is 0. The van der Waals surface area contributed by atoms with Gasteiger partial charge in [0.2, 0.25) is 0 Å². The lowest BCUT2D eigenvalue weighted by Crippen LogP contribution is -1.62. The van der Waals surface area contributed by atoms with E-state index < -0.39 is 0 Å². The van der Waals surface area contributed by atoms with E-state index in [4.69, 9.17) is 0 Å². The van der Waals surface area contributed by atoms with Gasteiger partial charge in [0, 0.05) is 0 Å². The molecule has 2 heteroatoms. The van der Waals surface area contributed by atoms with Crippen LogP contribution < -0.4 is 6.15 Å². The average Bonchev–Trinajstić information content (AvgIpc) is 1.69. The molecule has 0 fully saturated rings. The Balaban J connectivity index is 0. The molecule has 0 heterocycles. The molecule has 0 spiro atoms. The van der Waals surface area contributed by atoms with E-state index in [1.54, 1.807) is 0 Å². The second kappa shape index (κ2) is 5.60. The topological polar surface area (TPSA) is 35.0 Å². The molecular formula is C7H12ClN. The van der Waals surface area contributed by atoms with Crippen molar-refractivity contribution in [2.24, 2.45) is 0 Å². The number of hydrogen-bond acceptors (Lipinski definition) is 1. The highest BCUT2D eigenvalue weighted by atomic mass is 35.5. The first-order valence-corrected chi connectivity index (χ1v) is 2.41. The summed E-state index contributed by atoms with van der Waals surface area (Å²) in [5.41, 5.74) is 1.32. The van der Waals surface area contributed by atoms with Gasteiger partial charge in [-0.05, 0) is 6.92 Å². The molecule has 0 aromatic heterocycles. The van der Waals surface area contributed by atoms with E-state index in [2.05, 4.69) is 19.1 Å². The lowest BCUT2D eigenvalue weighted by atomic mass is 10.2. The molecule has 0 amide bonds. The highest BCUT2D eigenvalue weighted by molar-refractivity contribution is 5.85. The highest BCUT2D eigenvalue weighted by Crippen LogP contribution is 1.92. The van der Waals surface area contributed by atoms with Crippen LogP contribution in [0.3, 0.4) is 0 Å². The smallest absolute Gasteiger partial charge is 0.0398 e. The third-order valence-corrected chi connectivity index (χ3v) is 0.940. The summed E-state index contributed by atoms with van der Waals surface area (Å²) in [7, 11) is 0. The van der Waals surface area contributed by atoms with E-state index in [0.29, 0.717) is 0 Å². The van der Waals surface area contributed by atoms with Gasteiger partial charge in [0.05, 0.1) is 0 Å². The van der Waals surface area contributed by atoms with Gasteiger partial charge in [-0.2, -0.15) is 0 Å². The quantitative estimate of drug-likeness (QED) is 0.599. The fourth-order valence-electron chi connectivity index (χ4n) is 0.534. The Morgan fingerprint density at radius 2 is 1.44 bits per heavy atom. The minimum atomic E-state index is 0. The Bertz CT molecular complexity index is 139. The average molecular weight is 146 g/mol. The molecule has 0 saturated carbocycles. The number of halogens is 1. The van der Waals surface area contributed by atoms with Crippen molar-refractivity contribution in [3.8, 4) is 0 Å². The van der Waals surface area contributed by atoms with Crippen molar-refractivity contribution >= 4 is 12.4 Å². The van der Waals surface area contributed by atoms with Crippen LogP contribution in [-0.2, 0) is 0 Å².